The average molecular weight is 1280 g/mol. The first-order valence-electron chi connectivity index (χ1n) is 35.4. The summed E-state index contributed by atoms with van der Waals surface area (Å²) in [6.45, 7) is 11.8. The number of carbonyl (C=O) groups is 4. The van der Waals surface area contributed by atoms with E-state index >= 15 is 0 Å². The molecule has 0 rings (SSSR count). The number of phosphoric acid groups is 2. The van der Waals surface area contributed by atoms with Gasteiger partial charge in [0.1, 0.15) is 19.3 Å². The molecule has 0 bridgehead atoms. The van der Waals surface area contributed by atoms with Gasteiger partial charge >= 0.3 is 39.5 Å². The molecule has 87 heavy (non-hydrogen) atoms. The molecule has 0 aromatic rings. The van der Waals surface area contributed by atoms with Gasteiger partial charge in [-0.1, -0.05) is 286 Å². The van der Waals surface area contributed by atoms with Crippen molar-refractivity contribution in [1.82, 2.24) is 0 Å². The van der Waals surface area contributed by atoms with Crippen molar-refractivity contribution in [1.29, 1.82) is 0 Å². The second-order valence-corrected chi connectivity index (χ2v) is 28.7. The Labute approximate surface area is 530 Å². The van der Waals surface area contributed by atoms with E-state index in [9.17, 15) is 43.2 Å². The van der Waals surface area contributed by atoms with Crippen molar-refractivity contribution in [3.8, 4) is 0 Å². The molecule has 0 aliphatic heterocycles. The van der Waals surface area contributed by atoms with Crippen LogP contribution >= 0.6 is 15.6 Å². The van der Waals surface area contributed by atoms with Crippen LogP contribution in [0.25, 0.3) is 0 Å². The van der Waals surface area contributed by atoms with Crippen LogP contribution in [0.4, 0.5) is 0 Å². The topological polar surface area (TPSA) is 237 Å². The molecule has 3 N–H and O–H groups in total. The van der Waals surface area contributed by atoms with E-state index in [1.165, 1.54) is 148 Å². The molecule has 0 saturated heterocycles. The second kappa shape index (κ2) is 59.1. The number of carbonyl (C=O) groups excluding carboxylic acids is 4. The number of hydrogen-bond donors (Lipinski definition) is 3. The molecule has 516 valence electrons. The lowest BCUT2D eigenvalue weighted by Gasteiger charge is -2.21. The van der Waals surface area contributed by atoms with Gasteiger partial charge in [-0.05, 0) is 43.4 Å². The fraction of sp³-hybridized carbons (Fsp3) is 0.941. The van der Waals surface area contributed by atoms with Crippen LogP contribution in [0, 0.1) is 17.8 Å². The number of esters is 4. The zero-order valence-electron chi connectivity index (χ0n) is 56.5. The van der Waals surface area contributed by atoms with E-state index in [1.54, 1.807) is 0 Å². The number of aliphatic hydroxyl groups is 1. The van der Waals surface area contributed by atoms with Crippen LogP contribution in [0.3, 0.4) is 0 Å². The smallest absolute Gasteiger partial charge is 0.462 e. The van der Waals surface area contributed by atoms with Crippen molar-refractivity contribution in [2.75, 3.05) is 39.6 Å². The van der Waals surface area contributed by atoms with E-state index in [4.69, 9.17) is 37.0 Å². The van der Waals surface area contributed by atoms with Gasteiger partial charge in [-0.2, -0.15) is 0 Å². The number of ether oxygens (including phenoxy) is 4. The highest BCUT2D eigenvalue weighted by atomic mass is 31.2. The maximum Gasteiger partial charge on any atom is 0.472 e. The molecule has 6 atom stereocenters. The van der Waals surface area contributed by atoms with Gasteiger partial charge in [0.15, 0.2) is 12.2 Å². The van der Waals surface area contributed by atoms with Gasteiger partial charge in [0, 0.05) is 25.7 Å². The molecule has 0 spiro atoms. The highest BCUT2D eigenvalue weighted by Crippen LogP contribution is 2.45. The van der Waals surface area contributed by atoms with Gasteiger partial charge in [-0.15, -0.1) is 0 Å². The van der Waals surface area contributed by atoms with E-state index in [0.717, 1.165) is 102 Å². The van der Waals surface area contributed by atoms with Gasteiger partial charge in [0.05, 0.1) is 26.4 Å². The Morgan fingerprint density at radius 3 is 0.874 bits per heavy atom. The summed E-state index contributed by atoms with van der Waals surface area (Å²) in [6.07, 6.45) is 41.6. The largest absolute Gasteiger partial charge is 0.472 e. The Bertz CT molecular complexity index is 1720. The summed E-state index contributed by atoms with van der Waals surface area (Å²) >= 11 is 0. The van der Waals surface area contributed by atoms with Crippen LogP contribution in [0.1, 0.15) is 337 Å². The van der Waals surface area contributed by atoms with Crippen molar-refractivity contribution in [3.05, 3.63) is 0 Å². The van der Waals surface area contributed by atoms with E-state index < -0.39 is 97.5 Å². The van der Waals surface area contributed by atoms with Gasteiger partial charge in [-0.3, -0.25) is 37.3 Å². The zero-order chi connectivity index (χ0) is 64.5. The molecule has 17 nitrogen and oxygen atoms in total. The number of unbranched alkanes of at least 4 members (excludes halogenated alkanes) is 33. The number of phosphoric ester groups is 2. The summed E-state index contributed by atoms with van der Waals surface area (Å²) in [6, 6.07) is 0. The van der Waals surface area contributed by atoms with Crippen LogP contribution in [-0.4, -0.2) is 96.7 Å². The molecule has 0 aliphatic rings. The fourth-order valence-electron chi connectivity index (χ4n) is 10.2. The van der Waals surface area contributed by atoms with Gasteiger partial charge in [0.25, 0.3) is 0 Å². The third-order valence-electron chi connectivity index (χ3n) is 16.0. The first kappa shape index (κ1) is 85.1. The normalized spacial score (nSPS) is 14.6. The summed E-state index contributed by atoms with van der Waals surface area (Å²) in [5.41, 5.74) is 0. The second-order valence-electron chi connectivity index (χ2n) is 25.8. The Hall–Kier alpha value is -1.94. The molecule has 0 radical (unpaired) electrons. The SMILES string of the molecule is CCCCCCCCCCCCC(=O)OC[C@H](COP(=O)(O)OC[C@H](O)COP(=O)(O)OC[C@@H](COC(=O)CCCCCCCCCCCCC(C)C)OC(=O)CCCCCCCCCCCCC(C)CC)OC(=O)CCCCCCCCCC(C)C. The van der Waals surface area contributed by atoms with Gasteiger partial charge in [-0.25, -0.2) is 9.13 Å². The Morgan fingerprint density at radius 2 is 0.586 bits per heavy atom. The zero-order valence-corrected chi connectivity index (χ0v) is 58.3. The lowest BCUT2D eigenvalue weighted by Crippen LogP contribution is -2.30. The van der Waals surface area contributed by atoms with Crippen LogP contribution in [0.2, 0.25) is 0 Å². The van der Waals surface area contributed by atoms with E-state index in [1.807, 2.05) is 0 Å². The maximum absolute atomic E-state index is 13.0. The Balaban J connectivity index is 5.25. The Kier molecular flexibility index (Phi) is 57.8. The van der Waals surface area contributed by atoms with Crippen LogP contribution < -0.4 is 0 Å². The molecule has 0 saturated carbocycles. The monoisotopic (exact) mass is 1280 g/mol. The molecule has 19 heteroatoms. The summed E-state index contributed by atoms with van der Waals surface area (Å²) < 4.78 is 68.2. The molecule has 0 fully saturated rings. The minimum Gasteiger partial charge on any atom is -0.462 e. The molecular formula is C68H132O17P2. The first-order valence-corrected chi connectivity index (χ1v) is 38.4. The maximum atomic E-state index is 13.0. The number of hydrogen-bond acceptors (Lipinski definition) is 15. The summed E-state index contributed by atoms with van der Waals surface area (Å²) in [5, 5.41) is 10.6. The quantitative estimate of drug-likeness (QED) is 0.0222. The molecule has 0 aromatic heterocycles. The Morgan fingerprint density at radius 1 is 0.333 bits per heavy atom. The standard InChI is InChI=1S/C68H132O17P2/c1-8-10-11-12-13-14-21-28-35-42-49-65(70)78-56-64(85-68(73)52-45-38-31-24-26-33-40-47-60(5)6)58-83-87(76,77)81-54-62(69)53-80-86(74,75)82-57-63(55-79-66(71)50-43-36-29-22-17-15-19-25-32-39-46-59(3)4)84-67(72)51-44-37-30-23-18-16-20-27-34-41-48-61(7)9-2/h59-64,69H,8-58H2,1-7H3,(H,74,75)(H,76,77)/t61?,62-,63-,64-/m1/s1. The van der Waals surface area contributed by atoms with Crippen molar-refractivity contribution >= 4 is 39.5 Å². The lowest BCUT2D eigenvalue weighted by molar-refractivity contribution is -0.161. The van der Waals surface area contributed by atoms with Crippen LogP contribution in [0.5, 0.6) is 0 Å². The molecule has 0 heterocycles. The number of rotatable bonds is 66. The van der Waals surface area contributed by atoms with Crippen LogP contribution in [0.15, 0.2) is 0 Å². The van der Waals surface area contributed by atoms with Gasteiger partial charge < -0.3 is 33.8 Å². The van der Waals surface area contributed by atoms with Crippen molar-refractivity contribution in [3.63, 3.8) is 0 Å². The summed E-state index contributed by atoms with van der Waals surface area (Å²) in [5.74, 6) is 0.126. The molecular weight excluding hydrogens is 1150 g/mol. The third kappa shape index (κ3) is 61.3. The average Bonchev–Trinajstić information content (AvgIpc) is 3.70. The highest BCUT2D eigenvalue weighted by Gasteiger charge is 2.30. The van der Waals surface area contributed by atoms with E-state index in [0.29, 0.717) is 31.6 Å². The molecule has 3 unspecified atom stereocenters. The predicted octanol–water partition coefficient (Wildman–Crippen LogP) is 19.1. The number of aliphatic hydroxyl groups excluding tert-OH is 1. The third-order valence-corrected chi connectivity index (χ3v) is 17.9. The highest BCUT2D eigenvalue weighted by molar-refractivity contribution is 7.47. The summed E-state index contributed by atoms with van der Waals surface area (Å²) in [4.78, 5) is 72.4. The molecule has 0 aromatic carbocycles. The minimum atomic E-state index is -4.95. The predicted molar refractivity (Wildman–Crippen MR) is 349 cm³/mol. The fourth-order valence-corrected chi connectivity index (χ4v) is 11.7. The van der Waals surface area contributed by atoms with Crippen molar-refractivity contribution in [2.24, 2.45) is 17.8 Å². The lowest BCUT2D eigenvalue weighted by atomic mass is 9.99. The van der Waals surface area contributed by atoms with E-state index in [2.05, 4.69) is 48.5 Å². The molecule has 0 amide bonds. The minimum absolute atomic E-state index is 0.103. The van der Waals surface area contributed by atoms with Crippen molar-refractivity contribution < 1.29 is 80.2 Å². The van der Waals surface area contributed by atoms with E-state index in [-0.39, 0.29) is 25.7 Å². The van der Waals surface area contributed by atoms with Crippen LogP contribution in [-0.2, 0) is 65.4 Å². The first-order chi connectivity index (χ1) is 41.8. The van der Waals surface area contributed by atoms with Crippen molar-refractivity contribution in [2.45, 2.75) is 356 Å². The van der Waals surface area contributed by atoms with Gasteiger partial charge in [0.2, 0.25) is 0 Å². The summed E-state index contributed by atoms with van der Waals surface area (Å²) in [7, 11) is -9.90. The molecule has 0 aliphatic carbocycles.